The molecular formula is C22H18F2O10. The summed E-state index contributed by atoms with van der Waals surface area (Å²) < 4.78 is 33.7. The van der Waals surface area contributed by atoms with Crippen molar-refractivity contribution in [3.63, 3.8) is 0 Å². The van der Waals surface area contributed by atoms with E-state index in [1.54, 1.807) is 0 Å². The van der Waals surface area contributed by atoms with Gasteiger partial charge in [-0.3, -0.25) is 14.4 Å². The van der Waals surface area contributed by atoms with Crippen molar-refractivity contribution in [2.75, 3.05) is 14.2 Å². The second kappa shape index (κ2) is 12.4. The number of aromatic hydroxyl groups is 2. The van der Waals surface area contributed by atoms with Crippen molar-refractivity contribution in [3.05, 3.63) is 65.2 Å². The molecule has 2 aromatic rings. The predicted molar refractivity (Wildman–Crippen MR) is 110 cm³/mol. The first-order chi connectivity index (χ1) is 15.9. The van der Waals surface area contributed by atoms with Gasteiger partial charge in [-0.15, -0.1) is 0 Å². The number of esters is 2. The summed E-state index contributed by atoms with van der Waals surface area (Å²) in [4.78, 5) is 55.1. The molecule has 2 aromatic carbocycles. The number of ketones is 3. The maximum absolute atomic E-state index is 12.7. The van der Waals surface area contributed by atoms with E-state index < -0.39 is 64.6 Å². The number of hydrogen-bond acceptors (Lipinski definition) is 10. The van der Waals surface area contributed by atoms with E-state index >= 15 is 0 Å². The van der Waals surface area contributed by atoms with Crippen LogP contribution in [0.1, 0.15) is 22.3 Å². The minimum atomic E-state index is -1.14. The van der Waals surface area contributed by atoms with Crippen molar-refractivity contribution in [3.8, 4) is 11.5 Å². The lowest BCUT2D eigenvalue weighted by atomic mass is 10.1. The Morgan fingerprint density at radius 3 is 1.76 bits per heavy atom. The number of ether oxygens (including phenoxy) is 2. The summed E-state index contributed by atoms with van der Waals surface area (Å²) in [5, 5.41) is 27.5. The number of aliphatic hydroxyl groups is 1. The maximum atomic E-state index is 12.7. The molecule has 2 rings (SSSR count). The van der Waals surface area contributed by atoms with Gasteiger partial charge in [-0.25, -0.2) is 18.4 Å². The highest BCUT2D eigenvalue weighted by molar-refractivity contribution is 6.39. The van der Waals surface area contributed by atoms with E-state index in [2.05, 4.69) is 9.47 Å². The number of halogens is 2. The van der Waals surface area contributed by atoms with Crippen LogP contribution in [0.2, 0.25) is 0 Å². The van der Waals surface area contributed by atoms with E-state index in [0.717, 1.165) is 50.6 Å². The smallest absolute Gasteiger partial charge is 0.378 e. The lowest BCUT2D eigenvalue weighted by molar-refractivity contribution is -0.151. The summed E-state index contributed by atoms with van der Waals surface area (Å²) in [6.07, 6.45) is -0.0593. The highest BCUT2D eigenvalue weighted by Crippen LogP contribution is 2.21. The SMILES string of the molecule is COC(=O)C(=O)/C=C(\O)c1ccc(F)c(O)c1.COC(=O)C(=O)CC(=O)c1ccc(F)c(O)c1. The van der Waals surface area contributed by atoms with Crippen LogP contribution in [0.4, 0.5) is 8.78 Å². The van der Waals surface area contributed by atoms with Gasteiger partial charge < -0.3 is 24.8 Å². The van der Waals surface area contributed by atoms with E-state index in [1.165, 1.54) is 0 Å². The third-order valence-corrected chi connectivity index (χ3v) is 3.90. The number of hydrogen-bond donors (Lipinski definition) is 3. The fraction of sp³-hybridized carbons (Fsp3) is 0.136. The van der Waals surface area contributed by atoms with Gasteiger partial charge in [0.15, 0.2) is 28.9 Å². The molecule has 0 saturated heterocycles. The minimum absolute atomic E-state index is 0.00107. The summed E-state index contributed by atoms with van der Waals surface area (Å²) in [5.41, 5.74) is -0.0534. The molecule has 0 saturated carbocycles. The van der Waals surface area contributed by atoms with Gasteiger partial charge in [-0.2, -0.15) is 0 Å². The fourth-order valence-corrected chi connectivity index (χ4v) is 2.16. The van der Waals surface area contributed by atoms with Gasteiger partial charge in [0.05, 0.1) is 20.6 Å². The van der Waals surface area contributed by atoms with Crippen LogP contribution in [0.5, 0.6) is 11.5 Å². The topological polar surface area (TPSA) is 164 Å². The molecule has 34 heavy (non-hydrogen) atoms. The van der Waals surface area contributed by atoms with Gasteiger partial charge in [0.2, 0.25) is 5.78 Å². The molecule has 0 atom stereocenters. The number of rotatable bonds is 7. The molecule has 3 N–H and O–H groups in total. The van der Waals surface area contributed by atoms with Crippen LogP contribution in [-0.4, -0.2) is 58.8 Å². The highest BCUT2D eigenvalue weighted by Gasteiger charge is 2.20. The molecule has 10 nitrogen and oxygen atoms in total. The van der Waals surface area contributed by atoms with E-state index in [9.17, 15) is 37.9 Å². The van der Waals surface area contributed by atoms with Crippen molar-refractivity contribution in [2.45, 2.75) is 6.42 Å². The van der Waals surface area contributed by atoms with Crippen molar-refractivity contribution in [2.24, 2.45) is 0 Å². The zero-order valence-electron chi connectivity index (χ0n) is 17.7. The Bertz CT molecular complexity index is 1150. The van der Waals surface area contributed by atoms with Crippen LogP contribution >= 0.6 is 0 Å². The van der Waals surface area contributed by atoms with Crippen LogP contribution in [0, 0.1) is 11.6 Å². The second-order valence-corrected chi connectivity index (χ2v) is 6.23. The Balaban J connectivity index is 0.000000340. The van der Waals surface area contributed by atoms with Crippen molar-refractivity contribution < 1.29 is 57.5 Å². The van der Waals surface area contributed by atoms with E-state index in [1.807, 2.05) is 0 Å². The molecule has 0 aliphatic heterocycles. The van der Waals surface area contributed by atoms with Gasteiger partial charge in [0.1, 0.15) is 5.76 Å². The largest absolute Gasteiger partial charge is 0.507 e. The van der Waals surface area contributed by atoms with Crippen molar-refractivity contribution in [1.82, 2.24) is 0 Å². The zero-order valence-corrected chi connectivity index (χ0v) is 17.7. The standard InChI is InChI=1S/2C11H9FO5/c2*1-17-11(16)10(15)5-8(13)6-2-3-7(12)9(14)4-6/h2-4,14H,5H2,1H3;2-5,13-14H,1H3/b;8-5-. The predicted octanol–water partition coefficient (Wildman–Crippen LogP) is 2.02. The molecule has 0 aromatic heterocycles. The van der Waals surface area contributed by atoms with Crippen LogP contribution in [0.25, 0.3) is 5.76 Å². The Labute approximate surface area is 190 Å². The monoisotopic (exact) mass is 480 g/mol. The zero-order chi connectivity index (χ0) is 26.0. The summed E-state index contributed by atoms with van der Waals surface area (Å²) >= 11 is 0. The Kier molecular flexibility index (Phi) is 10.0. The summed E-state index contributed by atoms with van der Waals surface area (Å²) in [6.45, 7) is 0. The molecule has 0 amide bonds. The van der Waals surface area contributed by atoms with Crippen LogP contribution in [0.15, 0.2) is 42.5 Å². The number of phenols is 2. The average Bonchev–Trinajstić information content (AvgIpc) is 2.81. The lowest BCUT2D eigenvalue weighted by Gasteiger charge is -2.01. The normalized spacial score (nSPS) is 10.4. The third-order valence-electron chi connectivity index (χ3n) is 3.90. The molecule has 0 unspecified atom stereocenters. The number of benzene rings is 2. The van der Waals surface area contributed by atoms with E-state index in [4.69, 9.17) is 10.2 Å². The number of carbonyl (C=O) groups is 5. The van der Waals surface area contributed by atoms with E-state index in [0.29, 0.717) is 6.08 Å². The van der Waals surface area contributed by atoms with Gasteiger partial charge in [0, 0.05) is 17.2 Å². The molecule has 0 bridgehead atoms. The highest BCUT2D eigenvalue weighted by atomic mass is 19.1. The first kappa shape index (κ1) is 27.4. The van der Waals surface area contributed by atoms with Crippen LogP contribution in [-0.2, 0) is 28.7 Å². The number of methoxy groups -OCH3 is 2. The van der Waals surface area contributed by atoms with E-state index in [-0.39, 0.29) is 11.1 Å². The Hall–Kier alpha value is -4.61. The van der Waals surface area contributed by atoms with Crippen molar-refractivity contribution in [1.29, 1.82) is 0 Å². The minimum Gasteiger partial charge on any atom is -0.507 e. The Morgan fingerprint density at radius 1 is 0.824 bits per heavy atom. The molecule has 0 heterocycles. The summed E-state index contributed by atoms with van der Waals surface area (Å²) in [7, 11) is 2.04. The molecule has 0 fully saturated rings. The summed E-state index contributed by atoms with van der Waals surface area (Å²) in [5.74, 6) is -8.69. The maximum Gasteiger partial charge on any atom is 0.378 e. The number of phenolic OH excluding ortho intramolecular Hbond substituents is 2. The lowest BCUT2D eigenvalue weighted by Crippen LogP contribution is -2.19. The fourth-order valence-electron chi connectivity index (χ4n) is 2.16. The molecule has 0 radical (unpaired) electrons. The summed E-state index contributed by atoms with van der Waals surface area (Å²) in [6, 6.07) is 5.88. The molecule has 12 heteroatoms. The van der Waals surface area contributed by atoms with Gasteiger partial charge in [0.25, 0.3) is 5.78 Å². The first-order valence-corrected chi connectivity index (χ1v) is 9.05. The van der Waals surface area contributed by atoms with Gasteiger partial charge in [-0.1, -0.05) is 0 Å². The number of Topliss-reactive ketones (excluding diaryl/α,β-unsaturated/α-hetero) is 2. The molecule has 0 spiro atoms. The van der Waals surface area contributed by atoms with Crippen LogP contribution < -0.4 is 0 Å². The molecule has 0 aliphatic carbocycles. The molecule has 180 valence electrons. The average molecular weight is 480 g/mol. The van der Waals surface area contributed by atoms with Gasteiger partial charge >= 0.3 is 11.9 Å². The van der Waals surface area contributed by atoms with Gasteiger partial charge in [-0.05, 0) is 36.4 Å². The second-order valence-electron chi connectivity index (χ2n) is 6.23. The third kappa shape index (κ3) is 7.82. The molecule has 0 aliphatic rings. The first-order valence-electron chi connectivity index (χ1n) is 9.05. The Morgan fingerprint density at radius 2 is 1.29 bits per heavy atom. The van der Waals surface area contributed by atoms with Crippen LogP contribution in [0.3, 0.4) is 0 Å². The number of carbonyl (C=O) groups excluding carboxylic acids is 5. The van der Waals surface area contributed by atoms with Crippen molar-refractivity contribution >= 4 is 35.0 Å². The quantitative estimate of drug-likeness (QED) is 0.133. The molecular weight excluding hydrogens is 462 g/mol. The number of aliphatic hydroxyl groups excluding tert-OH is 1.